The molecule has 0 radical (unpaired) electrons. The van der Waals surface area contributed by atoms with Gasteiger partial charge in [-0.1, -0.05) is 6.92 Å². The molecule has 1 unspecified atom stereocenters. The first-order valence-corrected chi connectivity index (χ1v) is 6.97. The Hall–Kier alpha value is -1.82. The Morgan fingerprint density at radius 1 is 1.65 bits per heavy atom. The lowest BCUT2D eigenvalue weighted by atomic mass is 10.2. The zero-order valence-corrected chi connectivity index (χ0v) is 12.1. The number of aryl methyl sites for hydroxylation is 1. The van der Waals surface area contributed by atoms with Gasteiger partial charge in [0.25, 0.3) is 0 Å². The van der Waals surface area contributed by atoms with Crippen molar-refractivity contribution in [3.8, 4) is 0 Å². The van der Waals surface area contributed by atoms with E-state index in [1.165, 1.54) is 0 Å². The molecule has 3 N–H and O–H groups in total. The molecule has 0 aromatic carbocycles. The molecule has 1 aliphatic rings. The molecule has 0 saturated carbocycles. The van der Waals surface area contributed by atoms with Gasteiger partial charge in [-0.2, -0.15) is 0 Å². The van der Waals surface area contributed by atoms with Gasteiger partial charge in [0.15, 0.2) is 0 Å². The van der Waals surface area contributed by atoms with Gasteiger partial charge in [-0.05, 0) is 18.9 Å². The van der Waals surface area contributed by atoms with Gasteiger partial charge in [0, 0.05) is 31.0 Å². The highest BCUT2D eigenvalue weighted by Crippen LogP contribution is 2.21. The van der Waals surface area contributed by atoms with Crippen molar-refractivity contribution in [2.24, 2.45) is 0 Å². The molecule has 0 aliphatic carbocycles. The third-order valence-electron chi connectivity index (χ3n) is 3.41. The number of morpholine rings is 1. The summed E-state index contributed by atoms with van der Waals surface area (Å²) in [5, 5.41) is 2.91. The summed E-state index contributed by atoms with van der Waals surface area (Å²) < 4.78 is 5.43. The van der Waals surface area contributed by atoms with Crippen LogP contribution in [0, 0.1) is 6.92 Å². The predicted molar refractivity (Wildman–Crippen MR) is 78.6 cm³/mol. The van der Waals surface area contributed by atoms with E-state index in [1.807, 2.05) is 24.8 Å². The van der Waals surface area contributed by atoms with Crippen LogP contribution >= 0.6 is 0 Å². The lowest BCUT2D eigenvalue weighted by Crippen LogP contribution is -2.54. The molecule has 1 aromatic rings. The molecule has 2 rings (SSSR count). The minimum absolute atomic E-state index is 0.0208. The number of ether oxygens (including phenoxy) is 1. The first-order chi connectivity index (χ1) is 9.63. The molecule has 1 atom stereocenters. The van der Waals surface area contributed by atoms with Crippen LogP contribution in [0.3, 0.4) is 0 Å². The third kappa shape index (κ3) is 3.19. The zero-order chi connectivity index (χ0) is 14.5. The molecule has 1 saturated heterocycles. The summed E-state index contributed by atoms with van der Waals surface area (Å²) in [7, 11) is 0. The smallest absolute Gasteiger partial charge is 0.245 e. The van der Waals surface area contributed by atoms with Gasteiger partial charge in [0.1, 0.15) is 11.9 Å². The summed E-state index contributed by atoms with van der Waals surface area (Å²) >= 11 is 0. The van der Waals surface area contributed by atoms with Crippen LogP contribution in [-0.4, -0.2) is 43.2 Å². The summed E-state index contributed by atoms with van der Waals surface area (Å²) in [6, 6.07) is 1.48. The van der Waals surface area contributed by atoms with Crippen molar-refractivity contribution in [3.05, 3.63) is 17.8 Å². The van der Waals surface area contributed by atoms with Crippen LogP contribution in [0.15, 0.2) is 12.3 Å². The summed E-state index contributed by atoms with van der Waals surface area (Å²) in [5.74, 6) is 0.709. The molecule has 110 valence electrons. The highest BCUT2D eigenvalue weighted by molar-refractivity contribution is 5.85. The molecule has 0 bridgehead atoms. The summed E-state index contributed by atoms with van der Waals surface area (Å²) in [6.45, 7) is 6.22. The normalized spacial score (nSPS) is 18.9. The van der Waals surface area contributed by atoms with Crippen LogP contribution in [-0.2, 0) is 9.53 Å². The monoisotopic (exact) mass is 278 g/mol. The van der Waals surface area contributed by atoms with E-state index in [9.17, 15) is 4.79 Å². The fraction of sp³-hybridized carbons (Fsp3) is 0.571. The number of nitrogen functional groups attached to an aromatic ring is 1. The molecule has 1 amide bonds. The SMILES string of the molecule is CCCNC(=O)C1COCCN1c1cc(N)c(C)cn1. The number of carbonyl (C=O) groups is 1. The van der Waals surface area contributed by atoms with Gasteiger partial charge in [-0.15, -0.1) is 0 Å². The standard InChI is InChI=1S/C14H22N4O2/c1-3-4-16-14(19)12-9-20-6-5-18(12)13-7-11(15)10(2)8-17-13/h7-8,12H,3-6,9H2,1-2H3,(H2,15,17)(H,16,19). The van der Waals surface area contributed by atoms with Gasteiger partial charge in [0.2, 0.25) is 5.91 Å². The van der Waals surface area contributed by atoms with Crippen molar-refractivity contribution >= 4 is 17.4 Å². The average Bonchev–Trinajstić information content (AvgIpc) is 2.47. The number of hydrogen-bond donors (Lipinski definition) is 2. The van der Waals surface area contributed by atoms with Gasteiger partial charge in [0.05, 0.1) is 13.2 Å². The Kier molecular flexibility index (Phi) is 4.79. The second-order valence-corrected chi connectivity index (χ2v) is 4.97. The molecule has 0 spiro atoms. The number of pyridine rings is 1. The van der Waals surface area contributed by atoms with E-state index in [1.54, 1.807) is 6.20 Å². The molecule has 6 nitrogen and oxygen atoms in total. The minimum Gasteiger partial charge on any atom is -0.398 e. The number of carbonyl (C=O) groups excluding carboxylic acids is 1. The second kappa shape index (κ2) is 6.56. The number of nitrogens with one attached hydrogen (secondary N) is 1. The van der Waals surface area contributed by atoms with Crippen LogP contribution < -0.4 is 16.0 Å². The first-order valence-electron chi connectivity index (χ1n) is 6.97. The van der Waals surface area contributed by atoms with Crippen LogP contribution in [0.25, 0.3) is 0 Å². The molecule has 1 fully saturated rings. The Bertz CT molecular complexity index is 478. The highest BCUT2D eigenvalue weighted by atomic mass is 16.5. The van der Waals surface area contributed by atoms with Crippen molar-refractivity contribution in [2.75, 3.05) is 36.9 Å². The maximum absolute atomic E-state index is 12.2. The average molecular weight is 278 g/mol. The van der Waals surface area contributed by atoms with Crippen molar-refractivity contribution < 1.29 is 9.53 Å². The van der Waals surface area contributed by atoms with E-state index in [-0.39, 0.29) is 11.9 Å². The van der Waals surface area contributed by atoms with E-state index >= 15 is 0 Å². The van der Waals surface area contributed by atoms with E-state index < -0.39 is 0 Å². The molecule has 1 aliphatic heterocycles. The number of hydrogen-bond acceptors (Lipinski definition) is 5. The minimum atomic E-state index is -0.343. The topological polar surface area (TPSA) is 80.5 Å². The Morgan fingerprint density at radius 2 is 2.45 bits per heavy atom. The van der Waals surface area contributed by atoms with E-state index in [2.05, 4.69) is 10.3 Å². The van der Waals surface area contributed by atoms with Gasteiger partial charge in [-0.3, -0.25) is 4.79 Å². The summed E-state index contributed by atoms with van der Waals surface area (Å²) in [6.07, 6.45) is 2.65. The molecule has 20 heavy (non-hydrogen) atoms. The van der Waals surface area contributed by atoms with Crippen molar-refractivity contribution in [3.63, 3.8) is 0 Å². The van der Waals surface area contributed by atoms with E-state index in [0.717, 1.165) is 17.8 Å². The maximum atomic E-state index is 12.2. The number of aromatic nitrogens is 1. The lowest BCUT2D eigenvalue weighted by molar-refractivity contribution is -0.124. The van der Waals surface area contributed by atoms with Crippen LogP contribution in [0.4, 0.5) is 11.5 Å². The van der Waals surface area contributed by atoms with Gasteiger partial charge >= 0.3 is 0 Å². The first kappa shape index (κ1) is 14.6. The number of anilines is 2. The van der Waals surface area contributed by atoms with Crippen molar-refractivity contribution in [1.82, 2.24) is 10.3 Å². The van der Waals surface area contributed by atoms with Gasteiger partial charge < -0.3 is 20.7 Å². The fourth-order valence-electron chi connectivity index (χ4n) is 2.15. The number of rotatable bonds is 4. The fourth-order valence-corrected chi connectivity index (χ4v) is 2.15. The second-order valence-electron chi connectivity index (χ2n) is 4.97. The highest BCUT2D eigenvalue weighted by Gasteiger charge is 2.30. The molecule has 1 aromatic heterocycles. The molecular weight excluding hydrogens is 256 g/mol. The Labute approximate surface area is 119 Å². The molecule has 2 heterocycles. The molecular formula is C14H22N4O2. The summed E-state index contributed by atoms with van der Waals surface area (Å²) in [5.41, 5.74) is 7.56. The Balaban J connectivity index is 2.17. The number of nitrogens with two attached hydrogens (primary N) is 1. The van der Waals surface area contributed by atoms with E-state index in [0.29, 0.717) is 32.0 Å². The lowest BCUT2D eigenvalue weighted by Gasteiger charge is -2.35. The number of nitrogens with zero attached hydrogens (tertiary/aromatic N) is 2. The maximum Gasteiger partial charge on any atom is 0.245 e. The quantitative estimate of drug-likeness (QED) is 0.847. The largest absolute Gasteiger partial charge is 0.398 e. The van der Waals surface area contributed by atoms with Crippen molar-refractivity contribution in [1.29, 1.82) is 0 Å². The molecule has 6 heteroatoms. The van der Waals surface area contributed by atoms with Crippen LogP contribution in [0.1, 0.15) is 18.9 Å². The Morgan fingerprint density at radius 3 is 3.15 bits per heavy atom. The van der Waals surface area contributed by atoms with E-state index in [4.69, 9.17) is 10.5 Å². The number of amides is 1. The van der Waals surface area contributed by atoms with Crippen LogP contribution in [0.5, 0.6) is 0 Å². The van der Waals surface area contributed by atoms with Gasteiger partial charge in [-0.25, -0.2) is 4.98 Å². The zero-order valence-electron chi connectivity index (χ0n) is 12.1. The van der Waals surface area contributed by atoms with Crippen LogP contribution in [0.2, 0.25) is 0 Å². The third-order valence-corrected chi connectivity index (χ3v) is 3.41. The van der Waals surface area contributed by atoms with Crippen molar-refractivity contribution in [2.45, 2.75) is 26.3 Å². The summed E-state index contributed by atoms with van der Waals surface area (Å²) in [4.78, 5) is 18.5. The predicted octanol–water partition coefficient (Wildman–Crippen LogP) is 0.704.